The Labute approximate surface area is 162 Å². The van der Waals surface area contributed by atoms with Gasteiger partial charge in [0.25, 0.3) is 0 Å². The topological polar surface area (TPSA) is 42.0 Å². The summed E-state index contributed by atoms with van der Waals surface area (Å²) >= 11 is 0. The minimum absolute atomic E-state index is 0.135. The van der Waals surface area contributed by atoms with Crippen molar-refractivity contribution in [3.8, 4) is 11.5 Å². The number of hydrogen-bond acceptors (Lipinski definition) is 4. The van der Waals surface area contributed by atoms with Gasteiger partial charge in [0, 0.05) is 32.7 Å². The molecule has 0 aromatic heterocycles. The zero-order valence-corrected chi connectivity index (χ0v) is 17.0. The summed E-state index contributed by atoms with van der Waals surface area (Å²) in [6.07, 6.45) is 5.33. The van der Waals surface area contributed by atoms with Gasteiger partial charge in [-0.15, -0.1) is 0 Å². The number of amides is 1. The SMILES string of the molecule is COc1cc(CN2C[C@H]3CCC[C@@H](C2)N(C)C3=O)ccc1OCC=C(C)C. The fourth-order valence-electron chi connectivity index (χ4n) is 4.07. The van der Waals surface area contributed by atoms with Crippen molar-refractivity contribution in [2.75, 3.05) is 33.9 Å². The van der Waals surface area contributed by atoms with Crippen molar-refractivity contribution in [3.63, 3.8) is 0 Å². The first-order valence-corrected chi connectivity index (χ1v) is 9.90. The molecule has 2 aliphatic rings. The number of rotatable bonds is 6. The van der Waals surface area contributed by atoms with Gasteiger partial charge in [-0.1, -0.05) is 18.1 Å². The fourth-order valence-corrected chi connectivity index (χ4v) is 4.07. The van der Waals surface area contributed by atoms with Crippen LogP contribution in [0.2, 0.25) is 0 Å². The molecule has 0 unspecified atom stereocenters. The average Bonchev–Trinajstić information content (AvgIpc) is 2.81. The third-order valence-electron chi connectivity index (χ3n) is 5.65. The Balaban J connectivity index is 1.70. The molecule has 2 atom stereocenters. The van der Waals surface area contributed by atoms with Gasteiger partial charge in [-0.25, -0.2) is 0 Å². The third kappa shape index (κ3) is 4.83. The van der Waals surface area contributed by atoms with Gasteiger partial charge in [-0.2, -0.15) is 0 Å². The Bertz CT molecular complexity index is 697. The third-order valence-corrected chi connectivity index (χ3v) is 5.65. The van der Waals surface area contributed by atoms with Gasteiger partial charge in [0.1, 0.15) is 6.61 Å². The monoisotopic (exact) mass is 372 g/mol. The molecular formula is C22H32N2O3. The first-order chi connectivity index (χ1) is 13.0. The Kier molecular flexibility index (Phi) is 6.42. The van der Waals surface area contributed by atoms with Crippen LogP contribution in [0.15, 0.2) is 29.8 Å². The highest BCUT2D eigenvalue weighted by Gasteiger charge is 2.36. The van der Waals surface area contributed by atoms with Crippen LogP contribution < -0.4 is 9.47 Å². The van der Waals surface area contributed by atoms with E-state index in [0.717, 1.165) is 50.4 Å². The van der Waals surface area contributed by atoms with E-state index in [-0.39, 0.29) is 5.92 Å². The molecule has 148 valence electrons. The van der Waals surface area contributed by atoms with Crippen LogP contribution in [0.4, 0.5) is 0 Å². The van der Waals surface area contributed by atoms with E-state index >= 15 is 0 Å². The lowest BCUT2D eigenvalue weighted by molar-refractivity contribution is -0.134. The molecule has 5 heteroatoms. The summed E-state index contributed by atoms with van der Waals surface area (Å²) < 4.78 is 11.4. The number of ether oxygens (including phenoxy) is 2. The molecule has 1 amide bonds. The predicted molar refractivity (Wildman–Crippen MR) is 107 cm³/mol. The van der Waals surface area contributed by atoms with Crippen molar-refractivity contribution in [2.45, 2.75) is 45.7 Å². The van der Waals surface area contributed by atoms with E-state index in [9.17, 15) is 4.79 Å². The lowest BCUT2D eigenvalue weighted by Gasteiger charge is -2.29. The highest BCUT2D eigenvalue weighted by Crippen LogP contribution is 2.31. The van der Waals surface area contributed by atoms with E-state index < -0.39 is 0 Å². The lowest BCUT2D eigenvalue weighted by atomic mass is 9.99. The average molecular weight is 373 g/mol. The van der Waals surface area contributed by atoms with Crippen LogP contribution >= 0.6 is 0 Å². The van der Waals surface area contributed by atoms with E-state index in [1.807, 2.05) is 18.0 Å². The van der Waals surface area contributed by atoms with Gasteiger partial charge in [0.15, 0.2) is 11.5 Å². The molecular weight excluding hydrogens is 340 g/mol. The maximum atomic E-state index is 12.6. The highest BCUT2D eigenvalue weighted by molar-refractivity contribution is 5.79. The van der Waals surface area contributed by atoms with Crippen LogP contribution in [0.1, 0.15) is 38.7 Å². The van der Waals surface area contributed by atoms with Crippen molar-refractivity contribution in [3.05, 3.63) is 35.4 Å². The van der Waals surface area contributed by atoms with Crippen LogP contribution in [-0.4, -0.2) is 55.6 Å². The second-order valence-electron chi connectivity index (χ2n) is 8.00. The number of methoxy groups -OCH3 is 1. The minimum atomic E-state index is 0.135. The summed E-state index contributed by atoms with van der Waals surface area (Å²) in [6.45, 7) is 7.28. The number of nitrogens with zero attached hydrogens (tertiary/aromatic N) is 2. The predicted octanol–water partition coefficient (Wildman–Crippen LogP) is 3.48. The van der Waals surface area contributed by atoms with Crippen molar-refractivity contribution in [2.24, 2.45) is 5.92 Å². The second-order valence-corrected chi connectivity index (χ2v) is 8.00. The molecule has 2 bridgehead atoms. The summed E-state index contributed by atoms with van der Waals surface area (Å²) in [4.78, 5) is 17.0. The zero-order valence-electron chi connectivity index (χ0n) is 17.0. The number of carbonyl (C=O) groups is 1. The Morgan fingerprint density at radius 2 is 2.04 bits per heavy atom. The summed E-state index contributed by atoms with van der Waals surface area (Å²) in [5.74, 6) is 1.98. The van der Waals surface area contributed by atoms with E-state index in [0.29, 0.717) is 18.6 Å². The minimum Gasteiger partial charge on any atom is -0.493 e. The summed E-state index contributed by atoms with van der Waals surface area (Å²) in [6, 6.07) is 6.48. The molecule has 2 fully saturated rings. The first-order valence-electron chi connectivity index (χ1n) is 9.90. The molecule has 3 rings (SSSR count). The highest BCUT2D eigenvalue weighted by atomic mass is 16.5. The number of benzene rings is 1. The van der Waals surface area contributed by atoms with Crippen molar-refractivity contribution < 1.29 is 14.3 Å². The number of hydrogen-bond donors (Lipinski definition) is 0. The molecule has 2 heterocycles. The quantitative estimate of drug-likeness (QED) is 0.717. The van der Waals surface area contributed by atoms with Gasteiger partial charge < -0.3 is 14.4 Å². The number of fused-ring (bicyclic) bond motifs is 3. The van der Waals surface area contributed by atoms with Crippen LogP contribution in [0, 0.1) is 5.92 Å². The largest absolute Gasteiger partial charge is 0.493 e. The van der Waals surface area contributed by atoms with Crippen LogP contribution in [0.25, 0.3) is 0 Å². The van der Waals surface area contributed by atoms with Crippen molar-refractivity contribution in [1.82, 2.24) is 9.80 Å². The Morgan fingerprint density at radius 1 is 1.22 bits per heavy atom. The summed E-state index contributed by atoms with van der Waals surface area (Å²) in [5, 5.41) is 0. The standard InChI is InChI=1S/C22H32N2O3/c1-16(2)10-11-27-20-9-8-17(12-21(20)26-4)13-24-14-18-6-5-7-19(15-24)23(3)22(18)25/h8-10,12,18-19H,5-7,11,13-15H2,1-4H3/t18-,19+/m1/s1. The van der Waals surface area contributed by atoms with Gasteiger partial charge in [-0.05, 0) is 50.5 Å². The molecule has 0 N–H and O–H groups in total. The van der Waals surface area contributed by atoms with Gasteiger partial charge >= 0.3 is 0 Å². The van der Waals surface area contributed by atoms with E-state index in [2.05, 4.69) is 37.0 Å². The second kappa shape index (κ2) is 8.79. The van der Waals surface area contributed by atoms with E-state index in [1.165, 1.54) is 11.1 Å². The molecule has 2 aliphatic heterocycles. The van der Waals surface area contributed by atoms with Gasteiger partial charge in [0.2, 0.25) is 5.91 Å². The van der Waals surface area contributed by atoms with E-state index in [1.54, 1.807) is 7.11 Å². The number of allylic oxidation sites excluding steroid dienone is 1. The number of likely N-dealkylation sites (N-methyl/N-ethyl adjacent to an activating group) is 1. The maximum absolute atomic E-state index is 12.6. The molecule has 0 saturated carbocycles. The van der Waals surface area contributed by atoms with Crippen LogP contribution in [-0.2, 0) is 11.3 Å². The van der Waals surface area contributed by atoms with Gasteiger partial charge in [0.05, 0.1) is 13.0 Å². The molecule has 1 aromatic carbocycles. The van der Waals surface area contributed by atoms with Gasteiger partial charge in [-0.3, -0.25) is 9.69 Å². The lowest BCUT2D eigenvalue weighted by Crippen LogP contribution is -2.40. The number of likely N-dealkylation sites (tertiary alicyclic amines) is 1. The number of carbonyl (C=O) groups excluding carboxylic acids is 1. The first kappa shape index (κ1) is 19.7. The molecule has 5 nitrogen and oxygen atoms in total. The van der Waals surface area contributed by atoms with Crippen molar-refractivity contribution >= 4 is 5.91 Å². The molecule has 27 heavy (non-hydrogen) atoms. The fraction of sp³-hybridized carbons (Fsp3) is 0.591. The molecule has 2 saturated heterocycles. The Morgan fingerprint density at radius 3 is 2.78 bits per heavy atom. The normalized spacial score (nSPS) is 23.0. The van der Waals surface area contributed by atoms with E-state index in [4.69, 9.17) is 9.47 Å². The van der Waals surface area contributed by atoms with Crippen molar-refractivity contribution in [1.29, 1.82) is 0 Å². The maximum Gasteiger partial charge on any atom is 0.227 e. The summed E-state index contributed by atoms with van der Waals surface area (Å²) in [7, 11) is 3.65. The zero-order chi connectivity index (χ0) is 19.4. The summed E-state index contributed by atoms with van der Waals surface area (Å²) in [5.41, 5.74) is 2.42. The van der Waals surface area contributed by atoms with Crippen LogP contribution in [0.5, 0.6) is 11.5 Å². The smallest absolute Gasteiger partial charge is 0.227 e. The molecule has 0 radical (unpaired) electrons. The van der Waals surface area contributed by atoms with Crippen LogP contribution in [0.3, 0.4) is 0 Å². The Hall–Kier alpha value is -2.01. The molecule has 0 spiro atoms. The molecule has 0 aliphatic carbocycles. The molecule has 1 aromatic rings.